The van der Waals surface area contributed by atoms with Crippen molar-refractivity contribution >= 4 is 32.6 Å². The van der Waals surface area contributed by atoms with Gasteiger partial charge in [-0.25, -0.2) is 9.37 Å². The highest BCUT2D eigenvalue weighted by Crippen LogP contribution is 2.31. The highest BCUT2D eigenvalue weighted by atomic mass is 32.1. The van der Waals surface area contributed by atoms with Gasteiger partial charge in [-0.2, -0.15) is 0 Å². The summed E-state index contributed by atoms with van der Waals surface area (Å²) in [7, 11) is 4.02. The van der Waals surface area contributed by atoms with E-state index in [9.17, 15) is 9.18 Å². The van der Waals surface area contributed by atoms with Gasteiger partial charge in [-0.05, 0) is 64.2 Å². The molecule has 0 N–H and O–H groups in total. The van der Waals surface area contributed by atoms with E-state index in [4.69, 9.17) is 0 Å². The Balaban J connectivity index is 1.88. The monoisotopic (exact) mass is 399 g/mol. The quantitative estimate of drug-likeness (QED) is 0.583. The first-order chi connectivity index (χ1) is 13.3. The molecule has 0 unspecified atom stereocenters. The summed E-state index contributed by atoms with van der Waals surface area (Å²) in [5.41, 5.74) is 3.63. The van der Waals surface area contributed by atoms with Crippen LogP contribution in [-0.4, -0.2) is 43.0 Å². The largest absolute Gasteiger partial charge is 0.309 e. The minimum absolute atomic E-state index is 0.00910. The van der Waals surface area contributed by atoms with Crippen LogP contribution in [0.5, 0.6) is 0 Å². The van der Waals surface area contributed by atoms with Crippen molar-refractivity contribution in [2.75, 3.05) is 32.1 Å². The van der Waals surface area contributed by atoms with E-state index in [1.54, 1.807) is 11.0 Å². The summed E-state index contributed by atoms with van der Waals surface area (Å²) < 4.78 is 14.8. The summed E-state index contributed by atoms with van der Waals surface area (Å²) in [5.74, 6) is -0.361. The summed E-state index contributed by atoms with van der Waals surface area (Å²) in [5, 5.41) is 0.564. The highest BCUT2D eigenvalue weighted by Gasteiger charge is 2.21. The minimum atomic E-state index is -0.352. The van der Waals surface area contributed by atoms with Gasteiger partial charge in [-0.1, -0.05) is 41.2 Å². The van der Waals surface area contributed by atoms with Crippen molar-refractivity contribution in [3.8, 4) is 0 Å². The van der Waals surface area contributed by atoms with E-state index in [0.717, 1.165) is 28.8 Å². The standard InChI is InChI=1S/C22H26FN3OS/c1-15-9-10-17(16(2)13-15)14-20(27)26(12-6-11-25(3)4)22-24-21-18(23)7-5-8-19(21)28-22/h5,7-10,13H,6,11-12,14H2,1-4H3. The number of para-hydroxylation sites is 1. The molecule has 0 bridgehead atoms. The zero-order chi connectivity index (χ0) is 20.3. The molecule has 0 fully saturated rings. The molecule has 0 saturated heterocycles. The third-order valence-corrected chi connectivity index (χ3v) is 5.76. The lowest BCUT2D eigenvalue weighted by Crippen LogP contribution is -2.34. The summed E-state index contributed by atoms with van der Waals surface area (Å²) in [6.07, 6.45) is 1.14. The van der Waals surface area contributed by atoms with Gasteiger partial charge in [0.1, 0.15) is 11.3 Å². The average molecular weight is 400 g/mol. The van der Waals surface area contributed by atoms with E-state index in [-0.39, 0.29) is 11.7 Å². The molecular formula is C22H26FN3OS. The Hall–Kier alpha value is -2.31. The number of aromatic nitrogens is 1. The van der Waals surface area contributed by atoms with Crippen molar-refractivity contribution in [2.45, 2.75) is 26.7 Å². The molecule has 6 heteroatoms. The van der Waals surface area contributed by atoms with Crippen LogP contribution in [0.4, 0.5) is 9.52 Å². The van der Waals surface area contributed by atoms with Gasteiger partial charge in [0.2, 0.25) is 5.91 Å². The number of hydrogen-bond donors (Lipinski definition) is 0. The lowest BCUT2D eigenvalue weighted by molar-refractivity contribution is -0.118. The Bertz CT molecular complexity index is 983. The number of benzene rings is 2. The normalized spacial score (nSPS) is 11.4. The number of hydrogen-bond acceptors (Lipinski definition) is 4. The Morgan fingerprint density at radius 3 is 2.61 bits per heavy atom. The molecule has 0 radical (unpaired) electrons. The lowest BCUT2D eigenvalue weighted by atomic mass is 10.0. The lowest BCUT2D eigenvalue weighted by Gasteiger charge is -2.21. The first-order valence-electron chi connectivity index (χ1n) is 9.41. The molecule has 0 spiro atoms. The van der Waals surface area contributed by atoms with Gasteiger partial charge >= 0.3 is 0 Å². The SMILES string of the molecule is Cc1ccc(CC(=O)N(CCCN(C)C)c2nc3c(F)cccc3s2)c(C)c1. The smallest absolute Gasteiger partial charge is 0.233 e. The molecule has 28 heavy (non-hydrogen) atoms. The minimum Gasteiger partial charge on any atom is -0.309 e. The fraction of sp³-hybridized carbons (Fsp3) is 0.364. The second kappa shape index (κ2) is 8.80. The fourth-order valence-electron chi connectivity index (χ4n) is 3.19. The number of aryl methyl sites for hydroxylation is 2. The Morgan fingerprint density at radius 2 is 1.93 bits per heavy atom. The maximum Gasteiger partial charge on any atom is 0.233 e. The van der Waals surface area contributed by atoms with Crippen LogP contribution in [0.1, 0.15) is 23.1 Å². The summed E-state index contributed by atoms with van der Waals surface area (Å²) in [6.45, 7) is 5.50. The van der Waals surface area contributed by atoms with E-state index in [1.807, 2.05) is 46.1 Å². The van der Waals surface area contributed by atoms with Crippen LogP contribution in [-0.2, 0) is 11.2 Å². The van der Waals surface area contributed by atoms with Gasteiger partial charge in [0.05, 0.1) is 11.1 Å². The average Bonchev–Trinajstić information content (AvgIpc) is 3.06. The van der Waals surface area contributed by atoms with Crippen LogP contribution >= 0.6 is 11.3 Å². The highest BCUT2D eigenvalue weighted by molar-refractivity contribution is 7.22. The molecule has 0 atom stereocenters. The second-order valence-electron chi connectivity index (χ2n) is 7.39. The van der Waals surface area contributed by atoms with Crippen LogP contribution in [0.25, 0.3) is 10.2 Å². The van der Waals surface area contributed by atoms with Gasteiger partial charge < -0.3 is 4.90 Å². The van der Waals surface area contributed by atoms with Crippen molar-refractivity contribution in [1.82, 2.24) is 9.88 Å². The number of carbonyl (C=O) groups excluding carboxylic acids is 1. The Kier molecular flexibility index (Phi) is 6.42. The molecule has 148 valence electrons. The first kappa shape index (κ1) is 20.4. The molecule has 3 aromatic rings. The molecule has 0 saturated carbocycles. The fourth-order valence-corrected chi connectivity index (χ4v) is 4.22. The number of nitrogens with zero attached hydrogens (tertiary/aromatic N) is 3. The zero-order valence-electron chi connectivity index (χ0n) is 16.8. The molecule has 4 nitrogen and oxygen atoms in total. The number of amides is 1. The molecule has 1 amide bonds. The van der Waals surface area contributed by atoms with Gasteiger partial charge in [0.25, 0.3) is 0 Å². The van der Waals surface area contributed by atoms with Crippen LogP contribution in [0, 0.1) is 19.7 Å². The summed E-state index contributed by atoms with van der Waals surface area (Å²) in [4.78, 5) is 21.4. The molecule has 0 aliphatic heterocycles. The van der Waals surface area contributed by atoms with E-state index in [0.29, 0.717) is 23.6 Å². The molecule has 1 heterocycles. The number of carbonyl (C=O) groups is 1. The third kappa shape index (κ3) is 4.75. The number of rotatable bonds is 7. The van der Waals surface area contributed by atoms with Crippen LogP contribution in [0.15, 0.2) is 36.4 Å². The van der Waals surface area contributed by atoms with Crippen molar-refractivity contribution in [3.63, 3.8) is 0 Å². The van der Waals surface area contributed by atoms with E-state index in [2.05, 4.69) is 16.0 Å². The van der Waals surface area contributed by atoms with Crippen LogP contribution in [0.3, 0.4) is 0 Å². The molecule has 1 aromatic heterocycles. The first-order valence-corrected chi connectivity index (χ1v) is 10.2. The topological polar surface area (TPSA) is 36.4 Å². The molecule has 0 aliphatic carbocycles. The predicted molar refractivity (Wildman–Crippen MR) is 115 cm³/mol. The van der Waals surface area contributed by atoms with E-state index in [1.165, 1.54) is 23.0 Å². The van der Waals surface area contributed by atoms with Crippen molar-refractivity contribution in [1.29, 1.82) is 0 Å². The maximum atomic E-state index is 14.1. The maximum absolute atomic E-state index is 14.1. The molecule has 2 aromatic carbocycles. The molecule has 0 aliphatic rings. The number of anilines is 1. The summed E-state index contributed by atoms with van der Waals surface area (Å²) in [6, 6.07) is 11.0. The Morgan fingerprint density at radius 1 is 1.14 bits per heavy atom. The zero-order valence-corrected chi connectivity index (χ0v) is 17.6. The second-order valence-corrected chi connectivity index (χ2v) is 8.40. The van der Waals surface area contributed by atoms with Crippen molar-refractivity contribution in [3.05, 3.63) is 58.9 Å². The van der Waals surface area contributed by atoms with Gasteiger partial charge in [0, 0.05) is 6.54 Å². The number of halogens is 1. The van der Waals surface area contributed by atoms with Gasteiger partial charge in [-0.3, -0.25) is 9.69 Å². The number of fused-ring (bicyclic) bond motifs is 1. The molecular weight excluding hydrogens is 373 g/mol. The van der Waals surface area contributed by atoms with Crippen molar-refractivity contribution in [2.24, 2.45) is 0 Å². The van der Waals surface area contributed by atoms with E-state index >= 15 is 0 Å². The van der Waals surface area contributed by atoms with Crippen LogP contribution in [0.2, 0.25) is 0 Å². The van der Waals surface area contributed by atoms with E-state index < -0.39 is 0 Å². The van der Waals surface area contributed by atoms with Crippen molar-refractivity contribution < 1.29 is 9.18 Å². The number of thiazole rings is 1. The van der Waals surface area contributed by atoms with Gasteiger partial charge in [0.15, 0.2) is 5.13 Å². The third-order valence-electron chi connectivity index (χ3n) is 4.72. The van der Waals surface area contributed by atoms with Gasteiger partial charge in [-0.15, -0.1) is 0 Å². The summed E-state index contributed by atoms with van der Waals surface area (Å²) >= 11 is 1.36. The predicted octanol–water partition coefficient (Wildman–Crippen LogP) is 4.58. The molecule has 3 rings (SSSR count). The Labute approximate surface area is 169 Å². The van der Waals surface area contributed by atoms with Crippen LogP contribution < -0.4 is 4.90 Å².